The van der Waals surface area contributed by atoms with Gasteiger partial charge in [-0.05, 0) is 12.8 Å². The first kappa shape index (κ1) is 12.1. The van der Waals surface area contributed by atoms with Crippen LogP contribution in [0.25, 0.3) is 0 Å². The number of nitrogens with zero attached hydrogens (tertiary/aromatic N) is 3. The molecule has 1 unspecified atom stereocenters. The smallest absolute Gasteiger partial charge is 0.149 e. The number of nitrogens with one attached hydrogen (secondary N) is 1. The standard InChI is InChI=1S/C12H17ClN4O/c13-11-6-14-7-12(16-11)15-5-10-8-17(3-4-18-10)9-1-2-9/h6-7,9-10H,1-5,8H2,(H,15,16). The Kier molecular flexibility index (Phi) is 3.63. The first-order valence-corrected chi connectivity index (χ1v) is 6.76. The first-order valence-electron chi connectivity index (χ1n) is 6.38. The molecule has 0 radical (unpaired) electrons. The lowest BCUT2D eigenvalue weighted by molar-refractivity contribution is -0.0241. The zero-order valence-electron chi connectivity index (χ0n) is 10.2. The van der Waals surface area contributed by atoms with Crippen molar-refractivity contribution in [2.24, 2.45) is 0 Å². The van der Waals surface area contributed by atoms with Crippen molar-refractivity contribution < 1.29 is 4.74 Å². The van der Waals surface area contributed by atoms with Crippen LogP contribution in [0.3, 0.4) is 0 Å². The third kappa shape index (κ3) is 3.10. The predicted octanol–water partition coefficient (Wildman–Crippen LogP) is 1.41. The summed E-state index contributed by atoms with van der Waals surface area (Å²) < 4.78 is 5.75. The monoisotopic (exact) mass is 268 g/mol. The van der Waals surface area contributed by atoms with E-state index in [0.29, 0.717) is 11.0 Å². The molecular formula is C12H17ClN4O. The lowest BCUT2D eigenvalue weighted by Crippen LogP contribution is -2.46. The summed E-state index contributed by atoms with van der Waals surface area (Å²) in [4.78, 5) is 10.7. The minimum atomic E-state index is 0.222. The van der Waals surface area contributed by atoms with Gasteiger partial charge in [0.2, 0.25) is 0 Å². The van der Waals surface area contributed by atoms with Crippen molar-refractivity contribution in [1.29, 1.82) is 0 Å². The van der Waals surface area contributed by atoms with E-state index in [0.717, 1.165) is 32.3 Å². The van der Waals surface area contributed by atoms with E-state index < -0.39 is 0 Å². The molecule has 1 saturated carbocycles. The van der Waals surface area contributed by atoms with Crippen LogP contribution in [-0.2, 0) is 4.74 Å². The van der Waals surface area contributed by atoms with Gasteiger partial charge in [-0.2, -0.15) is 0 Å². The van der Waals surface area contributed by atoms with Gasteiger partial charge in [-0.15, -0.1) is 0 Å². The van der Waals surface area contributed by atoms with Crippen LogP contribution in [-0.4, -0.2) is 53.3 Å². The molecule has 1 aliphatic heterocycles. The van der Waals surface area contributed by atoms with Gasteiger partial charge in [0.25, 0.3) is 0 Å². The average molecular weight is 269 g/mol. The van der Waals surface area contributed by atoms with Crippen LogP contribution in [0.4, 0.5) is 5.82 Å². The highest BCUT2D eigenvalue weighted by Gasteiger charge is 2.32. The maximum Gasteiger partial charge on any atom is 0.149 e. The Morgan fingerprint density at radius 2 is 2.33 bits per heavy atom. The predicted molar refractivity (Wildman–Crippen MR) is 69.9 cm³/mol. The van der Waals surface area contributed by atoms with Gasteiger partial charge in [0, 0.05) is 25.7 Å². The molecular weight excluding hydrogens is 252 g/mol. The van der Waals surface area contributed by atoms with Crippen LogP contribution in [0.5, 0.6) is 0 Å². The summed E-state index contributed by atoms with van der Waals surface area (Å²) in [6.45, 7) is 3.64. The van der Waals surface area contributed by atoms with Gasteiger partial charge in [0.05, 0.1) is 25.1 Å². The van der Waals surface area contributed by atoms with Crippen molar-refractivity contribution >= 4 is 17.4 Å². The molecule has 1 atom stereocenters. The van der Waals surface area contributed by atoms with Gasteiger partial charge in [-0.1, -0.05) is 11.6 Å². The van der Waals surface area contributed by atoms with Crippen LogP contribution < -0.4 is 5.32 Å². The quantitative estimate of drug-likeness (QED) is 0.895. The minimum Gasteiger partial charge on any atom is -0.374 e. The Hall–Kier alpha value is -0.910. The molecule has 2 aliphatic rings. The number of hydrogen-bond acceptors (Lipinski definition) is 5. The zero-order chi connectivity index (χ0) is 12.4. The van der Waals surface area contributed by atoms with Crippen LogP contribution in [0.2, 0.25) is 5.15 Å². The molecule has 1 aromatic heterocycles. The second-order valence-corrected chi connectivity index (χ2v) is 5.21. The Balaban J connectivity index is 1.50. The Morgan fingerprint density at radius 3 is 3.11 bits per heavy atom. The highest BCUT2D eigenvalue weighted by atomic mass is 35.5. The molecule has 0 aromatic carbocycles. The number of rotatable bonds is 4. The Labute approximate surface area is 112 Å². The van der Waals surface area contributed by atoms with E-state index in [1.807, 2.05) is 0 Å². The molecule has 3 rings (SSSR count). The number of hydrogen-bond donors (Lipinski definition) is 1. The van der Waals surface area contributed by atoms with Gasteiger partial charge in [0.15, 0.2) is 0 Å². The summed E-state index contributed by atoms with van der Waals surface area (Å²) in [5, 5.41) is 3.63. The SMILES string of the molecule is Clc1cncc(NCC2CN(C3CC3)CCO2)n1. The summed E-state index contributed by atoms with van der Waals surface area (Å²) in [5.74, 6) is 0.703. The summed E-state index contributed by atoms with van der Waals surface area (Å²) >= 11 is 5.79. The first-order chi connectivity index (χ1) is 8.81. The van der Waals surface area contributed by atoms with Gasteiger partial charge in [-0.3, -0.25) is 9.88 Å². The molecule has 0 amide bonds. The van der Waals surface area contributed by atoms with Crippen LogP contribution in [0.15, 0.2) is 12.4 Å². The fraction of sp³-hybridized carbons (Fsp3) is 0.667. The van der Waals surface area contributed by atoms with Crippen molar-refractivity contribution in [3.63, 3.8) is 0 Å². The molecule has 1 saturated heterocycles. The van der Waals surface area contributed by atoms with Gasteiger partial charge in [0.1, 0.15) is 11.0 Å². The maximum atomic E-state index is 5.79. The number of aromatic nitrogens is 2. The fourth-order valence-corrected chi connectivity index (χ4v) is 2.43. The van der Waals surface area contributed by atoms with Crippen LogP contribution in [0.1, 0.15) is 12.8 Å². The number of anilines is 1. The van der Waals surface area contributed by atoms with E-state index >= 15 is 0 Å². The molecule has 5 nitrogen and oxygen atoms in total. The molecule has 2 heterocycles. The minimum absolute atomic E-state index is 0.222. The third-order valence-electron chi connectivity index (χ3n) is 3.35. The summed E-state index contributed by atoms with van der Waals surface area (Å²) in [7, 11) is 0. The fourth-order valence-electron chi connectivity index (χ4n) is 2.28. The normalized spacial score (nSPS) is 25.1. The highest BCUT2D eigenvalue weighted by molar-refractivity contribution is 6.29. The third-order valence-corrected chi connectivity index (χ3v) is 3.53. The van der Waals surface area contributed by atoms with Crippen LogP contribution >= 0.6 is 11.6 Å². The Morgan fingerprint density at radius 1 is 1.44 bits per heavy atom. The van der Waals surface area contributed by atoms with Crippen molar-refractivity contribution in [3.05, 3.63) is 17.5 Å². The topological polar surface area (TPSA) is 50.3 Å². The van der Waals surface area contributed by atoms with E-state index in [1.165, 1.54) is 19.0 Å². The van der Waals surface area contributed by atoms with Gasteiger partial charge >= 0.3 is 0 Å². The van der Waals surface area contributed by atoms with E-state index in [4.69, 9.17) is 16.3 Å². The molecule has 2 fully saturated rings. The molecule has 0 spiro atoms. The summed E-state index contributed by atoms with van der Waals surface area (Å²) in [5.41, 5.74) is 0. The van der Waals surface area contributed by atoms with E-state index in [-0.39, 0.29) is 6.10 Å². The van der Waals surface area contributed by atoms with E-state index in [2.05, 4.69) is 20.2 Å². The van der Waals surface area contributed by atoms with Gasteiger partial charge < -0.3 is 10.1 Å². The number of halogens is 1. The summed E-state index contributed by atoms with van der Waals surface area (Å²) in [6.07, 6.45) is 6.12. The number of morpholine rings is 1. The van der Waals surface area contributed by atoms with Crippen molar-refractivity contribution in [2.45, 2.75) is 25.0 Å². The lowest BCUT2D eigenvalue weighted by Gasteiger charge is -2.33. The molecule has 1 aromatic rings. The van der Waals surface area contributed by atoms with Crippen molar-refractivity contribution in [2.75, 3.05) is 31.6 Å². The summed E-state index contributed by atoms with van der Waals surface area (Å²) in [6, 6.07) is 0.808. The van der Waals surface area contributed by atoms with Gasteiger partial charge in [-0.25, -0.2) is 4.98 Å². The van der Waals surface area contributed by atoms with E-state index in [1.54, 1.807) is 6.20 Å². The van der Waals surface area contributed by atoms with Crippen LogP contribution in [0, 0.1) is 0 Å². The maximum absolute atomic E-state index is 5.79. The highest BCUT2D eigenvalue weighted by Crippen LogP contribution is 2.28. The molecule has 18 heavy (non-hydrogen) atoms. The second kappa shape index (κ2) is 5.38. The molecule has 1 N–H and O–H groups in total. The molecule has 0 bridgehead atoms. The zero-order valence-corrected chi connectivity index (χ0v) is 10.9. The second-order valence-electron chi connectivity index (χ2n) is 4.83. The molecule has 1 aliphatic carbocycles. The lowest BCUT2D eigenvalue weighted by atomic mass is 10.2. The molecule has 98 valence electrons. The van der Waals surface area contributed by atoms with E-state index in [9.17, 15) is 0 Å². The average Bonchev–Trinajstić information content (AvgIpc) is 3.21. The van der Waals surface area contributed by atoms with Crippen molar-refractivity contribution in [3.8, 4) is 0 Å². The largest absolute Gasteiger partial charge is 0.374 e. The number of ether oxygens (including phenoxy) is 1. The molecule has 6 heteroatoms. The Bertz CT molecular complexity index is 413. The van der Waals surface area contributed by atoms with Crippen molar-refractivity contribution in [1.82, 2.24) is 14.9 Å².